The first kappa shape index (κ1) is 26.3. The van der Waals surface area contributed by atoms with Gasteiger partial charge < -0.3 is 24.8 Å². The van der Waals surface area contributed by atoms with Crippen LogP contribution in [0, 0.1) is 0 Å². The fourth-order valence-electron chi connectivity index (χ4n) is 7.26. The van der Waals surface area contributed by atoms with Crippen LogP contribution in [0.15, 0.2) is 108 Å². The number of rotatable bonds is 4. The van der Waals surface area contributed by atoms with E-state index in [9.17, 15) is 0 Å². The smallest absolute Gasteiger partial charge is 1.00 e. The summed E-state index contributed by atoms with van der Waals surface area (Å²) < 4.78 is 4.31. The zero-order valence-electron chi connectivity index (χ0n) is 21.2. The van der Waals surface area contributed by atoms with Crippen LogP contribution in [0.1, 0.15) is 44.5 Å². The van der Waals surface area contributed by atoms with Gasteiger partial charge in [-0.25, -0.2) is 0 Å². The Kier molecular flexibility index (Phi) is 7.16. The van der Waals surface area contributed by atoms with Crippen LogP contribution in [0.4, 0.5) is 0 Å². The Morgan fingerprint density at radius 1 is 0.514 bits per heavy atom. The fraction of sp³-hybridized carbons (Fsp3) is 0.176. The number of hydrogen-bond acceptors (Lipinski definition) is 0. The van der Waals surface area contributed by atoms with Gasteiger partial charge in [0, 0.05) is 0 Å². The first-order valence-electron chi connectivity index (χ1n) is 12.9. The van der Waals surface area contributed by atoms with Gasteiger partial charge in [0.15, 0.2) is 0 Å². The normalized spacial score (nSPS) is 19.2. The summed E-state index contributed by atoms with van der Waals surface area (Å²) in [5, 5.41) is 0. The SMILES string of the molecule is CC1=Cc2c(-c3ccccc3)cccc2[CH]1[Ti+2]1([CH]2C(C)=Cc3c(-c4ccccc4)cccc32)[CH2][CH2]1.[Cl-].[Cl-]. The number of benzene rings is 4. The molecule has 0 radical (unpaired) electrons. The van der Waals surface area contributed by atoms with Gasteiger partial charge in [-0.1, -0.05) is 0 Å². The van der Waals surface area contributed by atoms with E-state index in [0.29, 0.717) is 8.45 Å². The minimum Gasteiger partial charge on any atom is -1.00 e. The molecular weight excluding hydrogens is 527 g/mol. The van der Waals surface area contributed by atoms with Crippen molar-refractivity contribution in [1.82, 2.24) is 0 Å². The molecule has 37 heavy (non-hydrogen) atoms. The van der Waals surface area contributed by atoms with Crippen molar-refractivity contribution in [3.05, 3.63) is 130 Å². The Labute approximate surface area is 236 Å². The molecule has 1 fully saturated rings. The van der Waals surface area contributed by atoms with Crippen molar-refractivity contribution in [1.29, 1.82) is 0 Å². The molecule has 4 aromatic rings. The Hall–Kier alpha value is -2.35. The number of fused-ring (bicyclic) bond motifs is 2. The van der Waals surface area contributed by atoms with E-state index >= 15 is 0 Å². The topological polar surface area (TPSA) is 0 Å². The summed E-state index contributed by atoms with van der Waals surface area (Å²) in [6.07, 6.45) is 5.06. The molecule has 0 bridgehead atoms. The Bertz CT molecular complexity index is 1400. The van der Waals surface area contributed by atoms with E-state index in [1.165, 1.54) is 42.8 Å². The molecule has 0 saturated carbocycles. The molecule has 1 heterocycles. The van der Waals surface area contributed by atoms with E-state index in [2.05, 4.69) is 123 Å². The van der Waals surface area contributed by atoms with E-state index in [1.807, 2.05) is 0 Å². The van der Waals surface area contributed by atoms with E-state index in [4.69, 9.17) is 0 Å². The molecule has 3 heteroatoms. The zero-order chi connectivity index (χ0) is 23.6. The molecule has 184 valence electrons. The molecule has 0 amide bonds. The molecule has 4 aromatic carbocycles. The summed E-state index contributed by atoms with van der Waals surface area (Å²) in [7, 11) is 0. The second-order valence-corrected chi connectivity index (χ2v) is 17.9. The van der Waals surface area contributed by atoms with Crippen LogP contribution in [0.2, 0.25) is 9.45 Å². The molecule has 2 unspecified atom stereocenters. The van der Waals surface area contributed by atoms with Gasteiger partial charge >= 0.3 is 213 Å². The van der Waals surface area contributed by atoms with E-state index in [-0.39, 0.29) is 24.8 Å². The molecule has 2 aliphatic carbocycles. The molecule has 1 aliphatic heterocycles. The first-order chi connectivity index (χ1) is 17.2. The average molecular weight is 557 g/mol. The molecule has 1 saturated heterocycles. The van der Waals surface area contributed by atoms with Gasteiger partial charge in [-0.3, -0.25) is 0 Å². The predicted octanol–water partition coefficient (Wildman–Crippen LogP) is 3.65. The molecule has 2 atom stereocenters. The van der Waals surface area contributed by atoms with Crippen molar-refractivity contribution in [2.24, 2.45) is 0 Å². The van der Waals surface area contributed by atoms with Gasteiger partial charge in [0.1, 0.15) is 0 Å². The third-order valence-corrected chi connectivity index (χ3v) is 17.3. The summed E-state index contributed by atoms with van der Waals surface area (Å²) in [6, 6.07) is 36.0. The molecule has 0 N–H and O–H groups in total. The standard InChI is InChI=1S/2C16H13.C2H4.2ClH.Ti/c2*1-12-10-14-8-5-9-15(16(14)11-12)13-6-3-2-4-7-13;1-2;;;/h2*2-11H,1H3;1-2H2;2*1H;/q;;;;;+2/p-2. The van der Waals surface area contributed by atoms with Crippen LogP contribution >= 0.6 is 0 Å². The Balaban J connectivity index is 0.00000140. The van der Waals surface area contributed by atoms with Crippen molar-refractivity contribution < 1.29 is 41.4 Å². The first-order valence-corrected chi connectivity index (χ1v) is 16.9. The Morgan fingerprint density at radius 3 is 1.30 bits per heavy atom. The average Bonchev–Trinajstić information content (AvgIpc) is 3.47. The van der Waals surface area contributed by atoms with E-state index in [0.717, 1.165) is 0 Å². The summed E-state index contributed by atoms with van der Waals surface area (Å²) in [4.78, 5) is 0. The van der Waals surface area contributed by atoms with Gasteiger partial charge in [0.2, 0.25) is 0 Å². The summed E-state index contributed by atoms with van der Waals surface area (Å²) in [5.41, 5.74) is 14.9. The summed E-state index contributed by atoms with van der Waals surface area (Å²) in [5.74, 6) is 0. The Morgan fingerprint density at radius 2 is 0.919 bits per heavy atom. The second kappa shape index (κ2) is 10.1. The van der Waals surface area contributed by atoms with Crippen LogP contribution in [0.5, 0.6) is 0 Å². The third kappa shape index (κ3) is 4.10. The molecule has 7 rings (SSSR count). The summed E-state index contributed by atoms with van der Waals surface area (Å²) >= 11 is -2.26. The zero-order valence-corrected chi connectivity index (χ0v) is 24.3. The molecule has 3 aliphatic rings. The number of allylic oxidation sites excluding steroid dienone is 2. The van der Waals surface area contributed by atoms with Gasteiger partial charge in [-0.15, -0.1) is 0 Å². The maximum absolute atomic E-state index is 2.53. The van der Waals surface area contributed by atoms with Crippen molar-refractivity contribution in [3.8, 4) is 22.3 Å². The molecule has 0 spiro atoms. The van der Waals surface area contributed by atoms with E-state index in [1.54, 1.807) is 22.3 Å². The molecular formula is C34H30Cl2Ti. The monoisotopic (exact) mass is 556 g/mol. The number of hydrogen-bond donors (Lipinski definition) is 0. The van der Waals surface area contributed by atoms with E-state index < -0.39 is 16.6 Å². The van der Waals surface area contributed by atoms with Crippen molar-refractivity contribution in [3.63, 3.8) is 0 Å². The van der Waals surface area contributed by atoms with Crippen molar-refractivity contribution in [2.45, 2.75) is 31.7 Å². The third-order valence-electron chi connectivity index (χ3n) is 8.70. The quantitative estimate of drug-likeness (QED) is 0.337. The number of halogens is 2. The minimum atomic E-state index is -2.26. The van der Waals surface area contributed by atoms with Crippen LogP contribution in [-0.4, -0.2) is 0 Å². The summed E-state index contributed by atoms with van der Waals surface area (Å²) in [6.45, 7) is 4.83. The fourth-order valence-corrected chi connectivity index (χ4v) is 17.7. The minimum absolute atomic E-state index is 0. The van der Waals surface area contributed by atoms with Crippen LogP contribution < -0.4 is 24.8 Å². The van der Waals surface area contributed by atoms with Crippen LogP contribution in [-0.2, 0) is 16.6 Å². The second-order valence-electron chi connectivity index (χ2n) is 10.7. The maximum Gasteiger partial charge on any atom is -1.00 e. The van der Waals surface area contributed by atoms with Gasteiger partial charge in [0.25, 0.3) is 0 Å². The molecule has 0 aromatic heterocycles. The van der Waals surface area contributed by atoms with Crippen LogP contribution in [0.3, 0.4) is 0 Å². The van der Waals surface area contributed by atoms with Gasteiger partial charge in [-0.2, -0.15) is 0 Å². The maximum atomic E-state index is 2.53. The van der Waals surface area contributed by atoms with Gasteiger partial charge in [0.05, 0.1) is 0 Å². The predicted molar refractivity (Wildman–Crippen MR) is 146 cm³/mol. The van der Waals surface area contributed by atoms with Crippen molar-refractivity contribution >= 4 is 12.2 Å². The van der Waals surface area contributed by atoms with Gasteiger partial charge in [-0.05, 0) is 0 Å². The largest absolute Gasteiger partial charge is 1.00 e. The van der Waals surface area contributed by atoms with Crippen molar-refractivity contribution in [2.75, 3.05) is 0 Å². The molecule has 0 nitrogen and oxygen atoms in total. The van der Waals surface area contributed by atoms with Crippen LogP contribution in [0.25, 0.3) is 34.4 Å².